The molecule has 7 heteroatoms. The molecule has 1 aromatic carbocycles. The van der Waals surface area contributed by atoms with Crippen molar-refractivity contribution in [2.24, 2.45) is 0 Å². The molecule has 0 saturated heterocycles. The quantitative estimate of drug-likeness (QED) is 0.607. The average Bonchev–Trinajstić information content (AvgIpc) is 2.57. The number of esters is 2. The molecule has 1 heterocycles. The fourth-order valence-electron chi connectivity index (χ4n) is 2.29. The second-order valence-corrected chi connectivity index (χ2v) is 5.19. The van der Waals surface area contributed by atoms with Gasteiger partial charge in [0.2, 0.25) is 0 Å². The fourth-order valence-corrected chi connectivity index (χ4v) is 2.29. The summed E-state index contributed by atoms with van der Waals surface area (Å²) in [7, 11) is 2.53. The molecule has 2 aromatic rings. The Morgan fingerprint density at radius 3 is 2.54 bits per heavy atom. The molecular formula is C17H18O7. The van der Waals surface area contributed by atoms with Gasteiger partial charge in [0.25, 0.3) is 0 Å². The molecule has 2 rings (SSSR count). The number of rotatable bonds is 5. The van der Waals surface area contributed by atoms with Crippen LogP contribution in [0.1, 0.15) is 18.1 Å². The molecule has 0 spiro atoms. The van der Waals surface area contributed by atoms with E-state index < -0.39 is 23.7 Å². The SMILES string of the molecule is COC(=O)Cc1c(C)c2ccc(O[C@H](C)C(=O)OC)cc2oc1=O. The molecule has 0 amide bonds. The maximum absolute atomic E-state index is 12.1. The van der Waals surface area contributed by atoms with Crippen LogP contribution in [-0.2, 0) is 25.5 Å². The summed E-state index contributed by atoms with van der Waals surface area (Å²) >= 11 is 0. The number of fused-ring (bicyclic) bond motifs is 1. The number of hydrogen-bond donors (Lipinski definition) is 0. The van der Waals surface area contributed by atoms with E-state index in [-0.39, 0.29) is 12.0 Å². The van der Waals surface area contributed by atoms with Crippen molar-refractivity contribution in [1.29, 1.82) is 0 Å². The topological polar surface area (TPSA) is 92.0 Å². The van der Waals surface area contributed by atoms with Gasteiger partial charge >= 0.3 is 17.6 Å². The Labute approximate surface area is 138 Å². The van der Waals surface area contributed by atoms with Crippen molar-refractivity contribution in [2.75, 3.05) is 14.2 Å². The molecule has 0 N–H and O–H groups in total. The van der Waals surface area contributed by atoms with Gasteiger partial charge in [-0.05, 0) is 31.5 Å². The summed E-state index contributed by atoms with van der Waals surface area (Å²) in [5.74, 6) is -0.665. The van der Waals surface area contributed by atoms with Crippen LogP contribution in [0.4, 0.5) is 0 Å². The first-order valence-corrected chi connectivity index (χ1v) is 7.25. The van der Waals surface area contributed by atoms with E-state index in [1.54, 1.807) is 26.0 Å². The van der Waals surface area contributed by atoms with Crippen LogP contribution in [0, 0.1) is 6.92 Å². The van der Waals surface area contributed by atoms with Crippen LogP contribution in [0.3, 0.4) is 0 Å². The Morgan fingerprint density at radius 1 is 1.21 bits per heavy atom. The standard InChI is InChI=1S/C17H18O7/c1-9-12-6-5-11(23-10(2)16(19)22-4)7-14(12)24-17(20)13(9)8-15(18)21-3/h5-7,10H,8H2,1-4H3/t10-/m1/s1. The molecule has 0 aliphatic rings. The van der Waals surface area contributed by atoms with Crippen LogP contribution in [0.5, 0.6) is 5.75 Å². The van der Waals surface area contributed by atoms with Gasteiger partial charge in [-0.3, -0.25) is 4.79 Å². The van der Waals surface area contributed by atoms with Crippen molar-refractivity contribution in [3.63, 3.8) is 0 Å². The molecule has 0 radical (unpaired) electrons. The zero-order valence-corrected chi connectivity index (χ0v) is 13.9. The summed E-state index contributed by atoms with van der Waals surface area (Å²) in [6.45, 7) is 3.28. The Kier molecular flexibility index (Phi) is 5.23. The number of carbonyl (C=O) groups is 2. The smallest absolute Gasteiger partial charge is 0.346 e. The second-order valence-electron chi connectivity index (χ2n) is 5.19. The molecule has 24 heavy (non-hydrogen) atoms. The highest BCUT2D eigenvalue weighted by Crippen LogP contribution is 2.25. The van der Waals surface area contributed by atoms with Crippen molar-refractivity contribution in [2.45, 2.75) is 26.4 Å². The van der Waals surface area contributed by atoms with Gasteiger partial charge in [0.15, 0.2) is 6.10 Å². The number of methoxy groups -OCH3 is 2. The van der Waals surface area contributed by atoms with Crippen molar-refractivity contribution in [3.05, 3.63) is 39.7 Å². The number of aryl methyl sites for hydroxylation is 1. The first-order chi connectivity index (χ1) is 11.4. The Balaban J connectivity index is 2.41. The van der Waals surface area contributed by atoms with Crippen molar-refractivity contribution < 1.29 is 28.2 Å². The van der Waals surface area contributed by atoms with Crippen molar-refractivity contribution in [3.8, 4) is 5.75 Å². The van der Waals surface area contributed by atoms with Gasteiger partial charge in [-0.15, -0.1) is 0 Å². The average molecular weight is 334 g/mol. The lowest BCUT2D eigenvalue weighted by molar-refractivity contribution is -0.148. The molecule has 0 aliphatic heterocycles. The molecule has 7 nitrogen and oxygen atoms in total. The number of ether oxygens (including phenoxy) is 3. The molecule has 0 unspecified atom stereocenters. The summed E-state index contributed by atoms with van der Waals surface area (Å²) in [6.07, 6.45) is -0.947. The number of carbonyl (C=O) groups excluding carboxylic acids is 2. The van der Waals surface area contributed by atoms with Gasteiger partial charge in [0, 0.05) is 11.5 Å². The van der Waals surface area contributed by atoms with Gasteiger partial charge in [0.05, 0.1) is 26.2 Å². The van der Waals surface area contributed by atoms with E-state index >= 15 is 0 Å². The minimum Gasteiger partial charge on any atom is -0.479 e. The summed E-state index contributed by atoms with van der Waals surface area (Å²) in [4.78, 5) is 34.9. The minimum absolute atomic E-state index is 0.155. The van der Waals surface area contributed by atoms with Crippen molar-refractivity contribution in [1.82, 2.24) is 0 Å². The third-order valence-electron chi connectivity index (χ3n) is 3.65. The Morgan fingerprint density at radius 2 is 1.92 bits per heavy atom. The fraction of sp³-hybridized carbons (Fsp3) is 0.353. The summed E-state index contributed by atoms with van der Waals surface area (Å²) < 4.78 is 19.9. The van der Waals surface area contributed by atoms with Gasteiger partial charge in [-0.2, -0.15) is 0 Å². The molecule has 128 valence electrons. The maximum atomic E-state index is 12.1. The van der Waals surface area contributed by atoms with Crippen LogP contribution in [0.2, 0.25) is 0 Å². The monoisotopic (exact) mass is 334 g/mol. The highest BCUT2D eigenvalue weighted by Gasteiger charge is 2.18. The lowest BCUT2D eigenvalue weighted by Crippen LogP contribution is -2.24. The van der Waals surface area contributed by atoms with E-state index in [9.17, 15) is 14.4 Å². The summed E-state index contributed by atoms with van der Waals surface area (Å²) in [5.41, 5.74) is 0.592. The maximum Gasteiger partial charge on any atom is 0.346 e. The van der Waals surface area contributed by atoms with E-state index in [0.717, 1.165) is 0 Å². The first kappa shape index (κ1) is 17.5. The van der Waals surface area contributed by atoms with Gasteiger partial charge in [-0.25, -0.2) is 9.59 Å². The molecule has 1 atom stereocenters. The lowest BCUT2D eigenvalue weighted by atomic mass is 10.0. The van der Waals surface area contributed by atoms with Crippen LogP contribution < -0.4 is 10.4 Å². The van der Waals surface area contributed by atoms with Crippen LogP contribution >= 0.6 is 0 Å². The van der Waals surface area contributed by atoms with E-state index in [4.69, 9.17) is 9.15 Å². The van der Waals surface area contributed by atoms with Gasteiger partial charge in [0.1, 0.15) is 11.3 Å². The number of hydrogen-bond acceptors (Lipinski definition) is 7. The zero-order valence-electron chi connectivity index (χ0n) is 13.9. The molecule has 0 fully saturated rings. The van der Waals surface area contributed by atoms with Crippen LogP contribution in [-0.4, -0.2) is 32.3 Å². The Hall–Kier alpha value is -2.83. The zero-order chi connectivity index (χ0) is 17.9. The van der Waals surface area contributed by atoms with Gasteiger partial charge in [-0.1, -0.05) is 0 Å². The van der Waals surface area contributed by atoms with Crippen LogP contribution in [0.25, 0.3) is 11.0 Å². The largest absolute Gasteiger partial charge is 0.479 e. The third-order valence-corrected chi connectivity index (χ3v) is 3.65. The molecule has 0 aliphatic carbocycles. The highest BCUT2D eigenvalue weighted by molar-refractivity contribution is 5.84. The van der Waals surface area contributed by atoms with Gasteiger partial charge < -0.3 is 18.6 Å². The van der Waals surface area contributed by atoms with E-state index in [0.29, 0.717) is 22.3 Å². The predicted molar refractivity (Wildman–Crippen MR) is 85.0 cm³/mol. The number of benzene rings is 1. The summed E-state index contributed by atoms with van der Waals surface area (Å²) in [5, 5.41) is 0.673. The molecular weight excluding hydrogens is 316 g/mol. The first-order valence-electron chi connectivity index (χ1n) is 7.25. The predicted octanol–water partition coefficient (Wildman–Crippen LogP) is 1.76. The van der Waals surface area contributed by atoms with Crippen molar-refractivity contribution >= 4 is 22.9 Å². The normalized spacial score (nSPS) is 11.8. The molecule has 1 aromatic heterocycles. The second kappa shape index (κ2) is 7.16. The van der Waals surface area contributed by atoms with E-state index in [1.807, 2.05) is 0 Å². The molecule has 0 saturated carbocycles. The highest BCUT2D eigenvalue weighted by atomic mass is 16.6. The minimum atomic E-state index is -0.793. The lowest BCUT2D eigenvalue weighted by Gasteiger charge is -2.13. The van der Waals surface area contributed by atoms with Crippen LogP contribution in [0.15, 0.2) is 27.4 Å². The van der Waals surface area contributed by atoms with E-state index in [1.165, 1.54) is 20.3 Å². The van der Waals surface area contributed by atoms with E-state index in [2.05, 4.69) is 9.47 Å². The molecule has 0 bridgehead atoms. The summed E-state index contributed by atoms with van der Waals surface area (Å²) in [6, 6.07) is 4.87. The third kappa shape index (κ3) is 3.56. The Bertz CT molecular complexity index is 835.